The van der Waals surface area contributed by atoms with E-state index in [-0.39, 0.29) is 18.0 Å². The van der Waals surface area contributed by atoms with Crippen molar-refractivity contribution in [1.82, 2.24) is 10.2 Å². The number of rotatable bonds is 4. The summed E-state index contributed by atoms with van der Waals surface area (Å²) in [5.41, 5.74) is -1.14. The summed E-state index contributed by atoms with van der Waals surface area (Å²) in [6, 6.07) is -1.02. The number of aliphatic hydroxyl groups is 3. The molecule has 1 unspecified atom stereocenters. The van der Waals surface area contributed by atoms with Crippen molar-refractivity contribution in [3.05, 3.63) is 51.0 Å². The second kappa shape index (κ2) is 9.04. The van der Waals surface area contributed by atoms with Gasteiger partial charge in [0.1, 0.15) is 22.8 Å². The molecule has 4 aliphatic carbocycles. The molecule has 1 saturated heterocycles. The van der Waals surface area contributed by atoms with E-state index in [2.05, 4.69) is 5.32 Å². The van der Waals surface area contributed by atoms with Crippen molar-refractivity contribution in [2.75, 3.05) is 13.6 Å². The topological polar surface area (TPSA) is 173 Å². The van der Waals surface area contributed by atoms with Crippen molar-refractivity contribution >= 4 is 17.5 Å². The molecule has 1 aliphatic heterocycles. The standard InChI is InChI=1S/C28H30F3N3O7/c1-34(11-4-5-11)21-14-8-10-7-13-18(16(35)9-12(15-3-2-6-33-15)20(13)28(29,30)31)22(36)17(10)24(38)27(14,41)25(39)19(23(21)37)26(32)40/h9-11,14-15,21,33,35,37-38,41H,2-8H2,1H3,(H2,32,40)/t10-,14-,15?,21-,27-/m0/s1. The van der Waals surface area contributed by atoms with E-state index in [4.69, 9.17) is 5.73 Å². The Morgan fingerprint density at radius 3 is 2.41 bits per heavy atom. The molecule has 1 saturated carbocycles. The normalized spacial score (nSPS) is 31.9. The highest BCUT2D eigenvalue weighted by Gasteiger charge is 2.64. The summed E-state index contributed by atoms with van der Waals surface area (Å²) in [4.78, 5) is 41.1. The van der Waals surface area contributed by atoms with Crippen LogP contribution in [0.5, 0.6) is 5.75 Å². The van der Waals surface area contributed by atoms with Crippen molar-refractivity contribution < 1.29 is 48.0 Å². The Morgan fingerprint density at radius 1 is 1.17 bits per heavy atom. The molecule has 41 heavy (non-hydrogen) atoms. The van der Waals surface area contributed by atoms with Gasteiger partial charge in [-0.3, -0.25) is 19.3 Å². The fraction of sp³-hybridized carbons (Fsp3) is 0.536. The number of carbonyl (C=O) groups is 3. The lowest BCUT2D eigenvalue weighted by Gasteiger charge is -2.50. The number of amides is 1. The Kier molecular flexibility index (Phi) is 6.11. The molecule has 10 nitrogen and oxygen atoms in total. The number of carbonyl (C=O) groups excluding carboxylic acids is 3. The Hall–Kier alpha value is -3.42. The molecule has 7 N–H and O–H groups in total. The lowest BCUT2D eigenvalue weighted by molar-refractivity contribution is -0.149. The lowest BCUT2D eigenvalue weighted by Crippen LogP contribution is -2.64. The molecular formula is C28H30F3N3O7. The zero-order chi connectivity index (χ0) is 29.8. The van der Waals surface area contributed by atoms with Gasteiger partial charge >= 0.3 is 6.18 Å². The second-order valence-corrected chi connectivity index (χ2v) is 11.8. The molecular weight excluding hydrogens is 547 g/mol. The van der Waals surface area contributed by atoms with Crippen LogP contribution < -0.4 is 11.1 Å². The van der Waals surface area contributed by atoms with Gasteiger partial charge in [-0.2, -0.15) is 13.2 Å². The van der Waals surface area contributed by atoms with Crippen LogP contribution in [0.2, 0.25) is 0 Å². The van der Waals surface area contributed by atoms with Crippen molar-refractivity contribution in [2.24, 2.45) is 17.6 Å². The molecule has 2 fully saturated rings. The molecule has 13 heteroatoms. The predicted octanol–water partition coefficient (Wildman–Crippen LogP) is 2.10. The van der Waals surface area contributed by atoms with Gasteiger partial charge in [-0.05, 0) is 75.2 Å². The van der Waals surface area contributed by atoms with Gasteiger partial charge in [0.25, 0.3) is 5.91 Å². The number of phenols is 1. The van der Waals surface area contributed by atoms with E-state index in [0.29, 0.717) is 19.4 Å². The number of allylic oxidation sites excluding steroid dienone is 1. The van der Waals surface area contributed by atoms with Crippen LogP contribution in [-0.4, -0.2) is 74.1 Å². The number of aromatic hydroxyl groups is 1. The molecule has 1 aromatic carbocycles. The SMILES string of the molecule is CN(C1CC1)[C@@H]1C(O)=C(C(N)=O)C(=O)[C@@]2(O)C(O)=C3C(=O)c4c(O)cc(C5CCCN5)c(C(F)(F)F)c4C[C@H]3C[C@@H]12. The average molecular weight is 578 g/mol. The van der Waals surface area contributed by atoms with Crippen LogP contribution in [0.1, 0.15) is 65.2 Å². The quantitative estimate of drug-likeness (QED) is 0.293. The number of fused-ring (bicyclic) bond motifs is 3. The van der Waals surface area contributed by atoms with Gasteiger partial charge in [-0.25, -0.2) is 0 Å². The molecule has 0 radical (unpaired) electrons. The van der Waals surface area contributed by atoms with E-state index >= 15 is 0 Å². The third-order valence-corrected chi connectivity index (χ3v) is 9.48. The Morgan fingerprint density at radius 2 is 1.85 bits per heavy atom. The van der Waals surface area contributed by atoms with Crippen LogP contribution in [0.15, 0.2) is 28.7 Å². The van der Waals surface area contributed by atoms with Crippen molar-refractivity contribution in [3.63, 3.8) is 0 Å². The molecule has 5 atom stereocenters. The molecule has 1 aromatic rings. The number of phenolic OH excluding ortho intramolecular Hbond substituents is 1. The first-order valence-electron chi connectivity index (χ1n) is 13.6. The number of nitrogens with one attached hydrogen (secondary N) is 1. The number of benzene rings is 1. The smallest absolute Gasteiger partial charge is 0.417 e. The largest absolute Gasteiger partial charge is 0.510 e. The molecule has 1 heterocycles. The highest BCUT2D eigenvalue weighted by molar-refractivity contribution is 6.24. The first-order valence-corrected chi connectivity index (χ1v) is 13.6. The first kappa shape index (κ1) is 27.7. The maximum Gasteiger partial charge on any atom is 0.417 e. The molecule has 6 rings (SSSR count). The second-order valence-electron chi connectivity index (χ2n) is 11.8. The monoisotopic (exact) mass is 577 g/mol. The zero-order valence-corrected chi connectivity index (χ0v) is 22.1. The lowest BCUT2D eigenvalue weighted by atomic mass is 9.58. The Labute approximate surface area is 232 Å². The van der Waals surface area contributed by atoms with Gasteiger partial charge in [0.05, 0.1) is 17.2 Å². The zero-order valence-electron chi connectivity index (χ0n) is 22.1. The Bertz CT molecular complexity index is 1460. The Balaban J connectivity index is 1.55. The van der Waals surface area contributed by atoms with Crippen LogP contribution in [-0.2, 0) is 22.2 Å². The molecule has 5 aliphatic rings. The third-order valence-electron chi connectivity index (χ3n) is 9.48. The van der Waals surface area contributed by atoms with Crippen LogP contribution in [0.3, 0.4) is 0 Å². The number of halogens is 3. The summed E-state index contributed by atoms with van der Waals surface area (Å²) in [5, 5.41) is 48.1. The fourth-order valence-corrected chi connectivity index (χ4v) is 7.49. The number of aliphatic hydroxyl groups excluding tert-OH is 2. The number of nitrogens with zero attached hydrogens (tertiary/aromatic N) is 1. The van der Waals surface area contributed by atoms with Crippen molar-refractivity contribution in [3.8, 4) is 5.75 Å². The van der Waals surface area contributed by atoms with E-state index in [1.54, 1.807) is 11.9 Å². The van der Waals surface area contributed by atoms with E-state index in [1.165, 1.54) is 0 Å². The summed E-state index contributed by atoms with van der Waals surface area (Å²) >= 11 is 0. The van der Waals surface area contributed by atoms with E-state index in [1.807, 2.05) is 0 Å². The first-order chi connectivity index (χ1) is 19.2. The molecule has 0 aromatic heterocycles. The third kappa shape index (κ3) is 3.85. The number of nitrogens with two attached hydrogens (primary N) is 1. The van der Waals surface area contributed by atoms with E-state index in [0.717, 1.165) is 18.9 Å². The van der Waals surface area contributed by atoms with Gasteiger partial charge in [0.2, 0.25) is 5.78 Å². The van der Waals surface area contributed by atoms with Crippen LogP contribution in [0.25, 0.3) is 0 Å². The minimum absolute atomic E-state index is 0.0785. The highest BCUT2D eigenvalue weighted by Crippen LogP contribution is 2.55. The van der Waals surface area contributed by atoms with Crippen molar-refractivity contribution in [1.29, 1.82) is 0 Å². The van der Waals surface area contributed by atoms with Crippen molar-refractivity contribution in [2.45, 2.75) is 68.4 Å². The molecule has 0 spiro atoms. The molecule has 220 valence electrons. The fourth-order valence-electron chi connectivity index (χ4n) is 7.49. The van der Waals surface area contributed by atoms with Crippen LogP contribution >= 0.6 is 0 Å². The summed E-state index contributed by atoms with van der Waals surface area (Å²) in [6.07, 6.45) is -3.07. The number of hydrogen-bond acceptors (Lipinski definition) is 9. The number of alkyl halides is 3. The van der Waals surface area contributed by atoms with Gasteiger partial charge in [-0.15, -0.1) is 0 Å². The maximum absolute atomic E-state index is 14.6. The summed E-state index contributed by atoms with van der Waals surface area (Å²) in [6.45, 7) is 0.497. The van der Waals surface area contributed by atoms with Crippen LogP contribution in [0, 0.1) is 11.8 Å². The maximum atomic E-state index is 14.6. The number of likely N-dealkylation sites (N-methyl/N-ethyl adjacent to an activating group) is 1. The average Bonchev–Trinajstić information content (AvgIpc) is 3.58. The number of Topliss-reactive ketones (excluding diaryl/α,β-unsaturated/α-hetero) is 2. The van der Waals surface area contributed by atoms with E-state index < -0.39 is 105 Å². The number of primary amides is 1. The molecule has 0 bridgehead atoms. The van der Waals surface area contributed by atoms with Gasteiger partial charge < -0.3 is 31.5 Å². The molecule has 1 amide bonds. The van der Waals surface area contributed by atoms with Gasteiger partial charge in [0.15, 0.2) is 11.4 Å². The van der Waals surface area contributed by atoms with Gasteiger partial charge in [-0.1, -0.05) is 0 Å². The van der Waals surface area contributed by atoms with Crippen LogP contribution in [0.4, 0.5) is 13.2 Å². The minimum Gasteiger partial charge on any atom is -0.510 e. The number of ketones is 2. The summed E-state index contributed by atoms with van der Waals surface area (Å²) in [7, 11) is 1.60. The van der Waals surface area contributed by atoms with Gasteiger partial charge in [0, 0.05) is 23.6 Å². The highest BCUT2D eigenvalue weighted by atomic mass is 19.4. The summed E-state index contributed by atoms with van der Waals surface area (Å²) < 4.78 is 43.8. The number of hydrogen-bond donors (Lipinski definition) is 6. The summed E-state index contributed by atoms with van der Waals surface area (Å²) in [5.74, 6) is -8.76. The minimum atomic E-state index is -4.87. The van der Waals surface area contributed by atoms with E-state index in [9.17, 15) is 48.0 Å². The predicted molar refractivity (Wildman–Crippen MR) is 136 cm³/mol.